The second-order valence-corrected chi connectivity index (χ2v) is 6.32. The van der Waals surface area contributed by atoms with Crippen LogP contribution in [0.15, 0.2) is 4.52 Å². The largest absolute Gasteiger partial charge is 0.339 e. The summed E-state index contributed by atoms with van der Waals surface area (Å²) < 4.78 is 5.38. The highest BCUT2D eigenvalue weighted by Crippen LogP contribution is 2.36. The highest BCUT2D eigenvalue weighted by molar-refractivity contribution is 5.03. The molecule has 0 radical (unpaired) electrons. The van der Waals surface area contributed by atoms with Crippen LogP contribution in [-0.4, -0.2) is 16.7 Å². The number of hydrogen-bond acceptors (Lipinski definition) is 4. The van der Waals surface area contributed by atoms with E-state index in [4.69, 9.17) is 10.3 Å². The van der Waals surface area contributed by atoms with Crippen molar-refractivity contribution in [3.63, 3.8) is 0 Å². The standard InChI is InChI=1S/C13H23N3O/c1-13(2,3)7-10(8-14)12-15-11(16-17-12)9-5-4-6-9/h9-10H,4-8,14H2,1-3H3. The van der Waals surface area contributed by atoms with Crippen LogP contribution in [0.1, 0.15) is 70.0 Å². The fraction of sp³-hybridized carbons (Fsp3) is 0.846. The number of nitrogens with zero attached hydrogens (tertiary/aromatic N) is 2. The Morgan fingerprint density at radius 3 is 2.59 bits per heavy atom. The van der Waals surface area contributed by atoms with Gasteiger partial charge in [-0.2, -0.15) is 4.98 Å². The van der Waals surface area contributed by atoms with Crippen molar-refractivity contribution in [2.45, 2.75) is 58.3 Å². The van der Waals surface area contributed by atoms with Crippen molar-refractivity contribution >= 4 is 0 Å². The Kier molecular flexibility index (Phi) is 3.52. The first kappa shape index (κ1) is 12.6. The van der Waals surface area contributed by atoms with Gasteiger partial charge in [-0.1, -0.05) is 32.3 Å². The van der Waals surface area contributed by atoms with Gasteiger partial charge in [-0.05, 0) is 24.7 Å². The summed E-state index contributed by atoms with van der Waals surface area (Å²) >= 11 is 0. The van der Waals surface area contributed by atoms with E-state index in [1.54, 1.807) is 0 Å². The summed E-state index contributed by atoms with van der Waals surface area (Å²) in [5.41, 5.74) is 6.05. The molecule has 96 valence electrons. The third-order valence-corrected chi connectivity index (χ3v) is 3.42. The molecule has 1 aliphatic carbocycles. The SMILES string of the molecule is CC(C)(C)CC(CN)c1nc(C2CCC2)no1. The maximum atomic E-state index is 5.82. The summed E-state index contributed by atoms with van der Waals surface area (Å²) in [5, 5.41) is 4.10. The van der Waals surface area contributed by atoms with Gasteiger partial charge in [-0.3, -0.25) is 0 Å². The van der Waals surface area contributed by atoms with Gasteiger partial charge in [0.2, 0.25) is 5.89 Å². The van der Waals surface area contributed by atoms with Gasteiger partial charge in [0.05, 0.1) is 5.92 Å². The van der Waals surface area contributed by atoms with Crippen LogP contribution < -0.4 is 5.73 Å². The Morgan fingerprint density at radius 2 is 2.12 bits per heavy atom. The van der Waals surface area contributed by atoms with Crippen LogP contribution in [0.2, 0.25) is 0 Å². The van der Waals surface area contributed by atoms with Gasteiger partial charge >= 0.3 is 0 Å². The lowest BCUT2D eigenvalue weighted by Crippen LogP contribution is -2.20. The van der Waals surface area contributed by atoms with E-state index in [9.17, 15) is 0 Å². The maximum Gasteiger partial charge on any atom is 0.231 e. The molecule has 0 aliphatic heterocycles. The van der Waals surface area contributed by atoms with Gasteiger partial charge in [-0.25, -0.2) is 0 Å². The fourth-order valence-electron chi connectivity index (χ4n) is 2.26. The Hall–Kier alpha value is -0.900. The fourth-order valence-corrected chi connectivity index (χ4v) is 2.26. The molecule has 0 saturated heterocycles. The Bertz CT molecular complexity index is 363. The monoisotopic (exact) mass is 237 g/mol. The van der Waals surface area contributed by atoms with E-state index in [1.165, 1.54) is 19.3 Å². The summed E-state index contributed by atoms with van der Waals surface area (Å²) in [6, 6.07) is 0. The van der Waals surface area contributed by atoms with Gasteiger partial charge in [0.1, 0.15) is 0 Å². The Morgan fingerprint density at radius 1 is 1.41 bits per heavy atom. The predicted octanol–water partition coefficient (Wildman–Crippen LogP) is 2.82. The first-order valence-corrected chi connectivity index (χ1v) is 6.53. The molecule has 4 heteroatoms. The topological polar surface area (TPSA) is 64.9 Å². The van der Waals surface area contributed by atoms with Crippen LogP contribution in [0.5, 0.6) is 0 Å². The molecule has 1 heterocycles. The first-order chi connectivity index (χ1) is 7.99. The molecule has 1 aliphatic rings. The molecule has 0 amide bonds. The molecule has 17 heavy (non-hydrogen) atoms. The van der Waals surface area contributed by atoms with Gasteiger partial charge < -0.3 is 10.3 Å². The summed E-state index contributed by atoms with van der Waals surface area (Å²) in [4.78, 5) is 4.53. The molecule has 1 saturated carbocycles. The molecule has 0 aromatic carbocycles. The van der Waals surface area contributed by atoms with Crippen molar-refractivity contribution in [1.29, 1.82) is 0 Å². The molecule has 1 atom stereocenters. The number of aromatic nitrogens is 2. The van der Waals surface area contributed by atoms with Crippen molar-refractivity contribution in [3.05, 3.63) is 11.7 Å². The zero-order valence-electron chi connectivity index (χ0n) is 11.1. The van der Waals surface area contributed by atoms with Gasteiger partial charge in [-0.15, -0.1) is 0 Å². The molecule has 4 nitrogen and oxygen atoms in total. The third kappa shape index (κ3) is 3.06. The molecule has 0 bridgehead atoms. The normalized spacial score (nSPS) is 19.1. The molecule has 0 spiro atoms. The van der Waals surface area contributed by atoms with E-state index in [1.807, 2.05) is 0 Å². The van der Waals surface area contributed by atoms with Crippen molar-refractivity contribution in [2.75, 3.05) is 6.54 Å². The second kappa shape index (κ2) is 4.77. The minimum atomic E-state index is 0.191. The van der Waals surface area contributed by atoms with Crippen LogP contribution in [0.4, 0.5) is 0 Å². The van der Waals surface area contributed by atoms with Crippen LogP contribution in [0.3, 0.4) is 0 Å². The summed E-state index contributed by atoms with van der Waals surface area (Å²) in [7, 11) is 0. The van der Waals surface area contributed by atoms with Crippen LogP contribution >= 0.6 is 0 Å². The molecule has 1 unspecified atom stereocenters. The molecular formula is C13H23N3O. The molecule has 1 aromatic heterocycles. The lowest BCUT2D eigenvalue weighted by atomic mass is 9.84. The minimum absolute atomic E-state index is 0.191. The first-order valence-electron chi connectivity index (χ1n) is 6.53. The molecule has 2 rings (SSSR count). The molecule has 2 N–H and O–H groups in total. The summed E-state index contributed by atoms with van der Waals surface area (Å²) in [6.07, 6.45) is 4.67. The lowest BCUT2D eigenvalue weighted by molar-refractivity contribution is 0.284. The van der Waals surface area contributed by atoms with E-state index < -0.39 is 0 Å². The minimum Gasteiger partial charge on any atom is -0.339 e. The van der Waals surface area contributed by atoms with Crippen LogP contribution in [0.25, 0.3) is 0 Å². The van der Waals surface area contributed by atoms with E-state index >= 15 is 0 Å². The quantitative estimate of drug-likeness (QED) is 0.874. The second-order valence-electron chi connectivity index (χ2n) is 6.32. The highest BCUT2D eigenvalue weighted by atomic mass is 16.5. The summed E-state index contributed by atoms with van der Waals surface area (Å²) in [6.45, 7) is 7.19. The van der Waals surface area contributed by atoms with Crippen LogP contribution in [0, 0.1) is 5.41 Å². The number of hydrogen-bond donors (Lipinski definition) is 1. The number of nitrogens with two attached hydrogens (primary N) is 1. The highest BCUT2D eigenvalue weighted by Gasteiger charge is 2.28. The van der Waals surface area contributed by atoms with Crippen molar-refractivity contribution < 1.29 is 4.52 Å². The average Bonchev–Trinajstić information content (AvgIpc) is 2.59. The average molecular weight is 237 g/mol. The molecule has 1 fully saturated rings. The van der Waals surface area contributed by atoms with Crippen LogP contribution in [-0.2, 0) is 0 Å². The Balaban J connectivity index is 2.05. The van der Waals surface area contributed by atoms with E-state index in [-0.39, 0.29) is 11.3 Å². The van der Waals surface area contributed by atoms with Gasteiger partial charge in [0, 0.05) is 12.5 Å². The van der Waals surface area contributed by atoms with Crippen molar-refractivity contribution in [3.8, 4) is 0 Å². The lowest BCUT2D eigenvalue weighted by Gasteiger charge is -2.23. The molecular weight excluding hydrogens is 214 g/mol. The number of rotatable bonds is 4. The maximum absolute atomic E-state index is 5.82. The predicted molar refractivity (Wildman–Crippen MR) is 66.8 cm³/mol. The van der Waals surface area contributed by atoms with Gasteiger partial charge in [0.15, 0.2) is 5.82 Å². The Labute approximate surface area is 103 Å². The zero-order chi connectivity index (χ0) is 12.5. The molecule has 1 aromatic rings. The van der Waals surface area contributed by atoms with Crippen molar-refractivity contribution in [1.82, 2.24) is 10.1 Å². The zero-order valence-corrected chi connectivity index (χ0v) is 11.1. The summed E-state index contributed by atoms with van der Waals surface area (Å²) in [5.74, 6) is 2.33. The van der Waals surface area contributed by atoms with E-state index in [0.717, 1.165) is 18.1 Å². The smallest absolute Gasteiger partial charge is 0.231 e. The third-order valence-electron chi connectivity index (χ3n) is 3.42. The van der Waals surface area contributed by atoms with E-state index in [0.29, 0.717) is 12.5 Å². The van der Waals surface area contributed by atoms with Crippen molar-refractivity contribution in [2.24, 2.45) is 11.1 Å². The van der Waals surface area contributed by atoms with E-state index in [2.05, 4.69) is 30.9 Å². The van der Waals surface area contributed by atoms with Gasteiger partial charge in [0.25, 0.3) is 0 Å².